The van der Waals surface area contributed by atoms with Gasteiger partial charge in [0.25, 0.3) is 0 Å². The summed E-state index contributed by atoms with van der Waals surface area (Å²) in [5.74, 6) is 0. The average molecular weight is 288 g/mol. The summed E-state index contributed by atoms with van der Waals surface area (Å²) in [5, 5.41) is 0. The van der Waals surface area contributed by atoms with E-state index in [1.165, 1.54) is 37.5 Å². The fourth-order valence-electron chi connectivity index (χ4n) is 0.881. The summed E-state index contributed by atoms with van der Waals surface area (Å²) >= 11 is 0. The molecule has 0 aliphatic heterocycles. The summed E-state index contributed by atoms with van der Waals surface area (Å²) in [7, 11) is -1.07. The first-order valence-electron chi connectivity index (χ1n) is 5.28. The van der Waals surface area contributed by atoms with Gasteiger partial charge in [-0.3, -0.25) is 9.05 Å². The summed E-state index contributed by atoms with van der Waals surface area (Å²) in [6.45, 7) is 3.74. The van der Waals surface area contributed by atoms with E-state index in [0.29, 0.717) is 0 Å². The highest BCUT2D eigenvalue weighted by molar-refractivity contribution is 7.64. The Labute approximate surface area is 103 Å². The van der Waals surface area contributed by atoms with Gasteiger partial charge in [0.2, 0.25) is 0 Å². The van der Waals surface area contributed by atoms with Crippen LogP contribution in [0.4, 0.5) is 0 Å². The smallest absolute Gasteiger partial charge is 0.297 e. The maximum Gasteiger partial charge on any atom is 0.415 e. The lowest BCUT2D eigenvalue weighted by atomic mass is 10.9. The number of nitrogens with zero attached hydrogens (tertiary/aromatic N) is 2. The molecule has 0 rings (SSSR count). The number of hydrogen-bond donors (Lipinski definition) is 0. The van der Waals surface area contributed by atoms with Gasteiger partial charge in [-0.15, -0.1) is 0 Å². The molecule has 0 aliphatic rings. The summed E-state index contributed by atoms with van der Waals surface area (Å²) in [6.07, 6.45) is 0. The molecule has 0 aromatic rings. The van der Waals surface area contributed by atoms with Crippen LogP contribution in [0.15, 0.2) is 0 Å². The van der Waals surface area contributed by atoms with Crippen molar-refractivity contribution in [1.29, 1.82) is 0 Å². The molecular weight excluding hydrogens is 266 g/mol. The summed E-state index contributed by atoms with van der Waals surface area (Å²) in [4.78, 5) is 0. The Hall–Kier alpha value is 0.260. The molecule has 2 unspecified atom stereocenters. The highest BCUT2D eigenvalue weighted by Gasteiger charge is 2.40. The van der Waals surface area contributed by atoms with Crippen LogP contribution in [-0.4, -0.2) is 50.7 Å². The van der Waals surface area contributed by atoms with Gasteiger partial charge >= 0.3 is 15.5 Å². The summed E-state index contributed by atoms with van der Waals surface area (Å²) < 4.78 is 42.4. The van der Waals surface area contributed by atoms with Crippen LogP contribution in [0, 0.1) is 0 Å². The third-order valence-corrected chi connectivity index (χ3v) is 6.55. The quantitative estimate of drug-likeness (QED) is 0.635. The van der Waals surface area contributed by atoms with Crippen molar-refractivity contribution in [3.63, 3.8) is 0 Å². The van der Waals surface area contributed by atoms with Gasteiger partial charge in [0.15, 0.2) is 0 Å². The molecule has 0 saturated carbocycles. The number of hydrogen-bond acceptors (Lipinski definition) is 5. The van der Waals surface area contributed by atoms with Crippen LogP contribution in [-0.2, 0) is 22.5 Å². The molecule has 0 heterocycles. The van der Waals surface area contributed by atoms with Crippen LogP contribution in [0.3, 0.4) is 0 Å². The molecule has 0 amide bonds. The van der Waals surface area contributed by atoms with Gasteiger partial charge in [0.1, 0.15) is 0 Å². The second-order valence-electron chi connectivity index (χ2n) is 3.55. The topological polar surface area (TPSA) is 68.3 Å². The normalized spacial score (nSPS) is 19.3. The Bertz CT molecular complexity index is 291. The lowest BCUT2D eigenvalue weighted by molar-refractivity contribution is 0.191. The molecule has 0 radical (unpaired) electrons. The van der Waals surface area contributed by atoms with Crippen LogP contribution in [0.1, 0.15) is 13.8 Å². The average Bonchev–Trinajstić information content (AvgIpc) is 2.17. The molecule has 0 N–H and O–H groups in total. The minimum Gasteiger partial charge on any atom is -0.297 e. The SMILES string of the molecule is CCOP(=O)(OP(=O)(OCC)N(C)C)N(C)C. The minimum absolute atomic E-state index is 0.189. The predicted octanol–water partition coefficient (Wildman–Crippen LogP) is 2.42. The van der Waals surface area contributed by atoms with E-state index in [9.17, 15) is 9.13 Å². The van der Waals surface area contributed by atoms with Crippen LogP contribution in [0.2, 0.25) is 0 Å². The Morgan fingerprint density at radius 2 is 1.12 bits per heavy atom. The summed E-state index contributed by atoms with van der Waals surface area (Å²) in [5.41, 5.74) is 0. The van der Waals surface area contributed by atoms with E-state index in [4.69, 9.17) is 13.4 Å². The van der Waals surface area contributed by atoms with E-state index in [1.807, 2.05) is 0 Å². The standard InChI is InChI=1S/C8H22N2O5P2/c1-7-13-16(11,9(3)4)15-17(12,10(5)6)14-8-2/h7-8H2,1-6H3. The lowest BCUT2D eigenvalue weighted by Gasteiger charge is -2.29. The van der Waals surface area contributed by atoms with Crippen LogP contribution >= 0.6 is 15.5 Å². The molecule has 0 aromatic heterocycles. The van der Waals surface area contributed by atoms with Crippen LogP contribution < -0.4 is 0 Å². The van der Waals surface area contributed by atoms with E-state index in [0.717, 1.165) is 0 Å². The van der Waals surface area contributed by atoms with Gasteiger partial charge in [-0.2, -0.15) is 0 Å². The third-order valence-electron chi connectivity index (χ3n) is 1.77. The molecule has 9 heteroatoms. The first-order chi connectivity index (χ1) is 7.72. The molecule has 17 heavy (non-hydrogen) atoms. The van der Waals surface area contributed by atoms with Crippen molar-refractivity contribution in [2.75, 3.05) is 41.4 Å². The maximum atomic E-state index is 12.3. The van der Waals surface area contributed by atoms with E-state index >= 15 is 0 Å². The monoisotopic (exact) mass is 288 g/mol. The van der Waals surface area contributed by atoms with Crippen LogP contribution in [0.5, 0.6) is 0 Å². The molecule has 2 atom stereocenters. The van der Waals surface area contributed by atoms with Gasteiger partial charge in [-0.25, -0.2) is 22.8 Å². The van der Waals surface area contributed by atoms with Crippen molar-refractivity contribution < 1.29 is 22.5 Å². The van der Waals surface area contributed by atoms with Gasteiger partial charge in [0, 0.05) is 0 Å². The molecule has 0 saturated heterocycles. The van der Waals surface area contributed by atoms with Crippen molar-refractivity contribution in [3.8, 4) is 0 Å². The minimum atomic E-state index is -3.59. The Morgan fingerprint density at radius 3 is 1.29 bits per heavy atom. The van der Waals surface area contributed by atoms with E-state index in [-0.39, 0.29) is 13.2 Å². The first kappa shape index (κ1) is 17.3. The molecule has 0 aromatic carbocycles. The molecule has 0 fully saturated rings. The second kappa shape index (κ2) is 7.00. The fourth-order valence-corrected chi connectivity index (χ4v) is 4.58. The zero-order valence-electron chi connectivity index (χ0n) is 11.2. The van der Waals surface area contributed by atoms with E-state index in [1.54, 1.807) is 13.8 Å². The highest BCUT2D eigenvalue weighted by atomic mass is 31.3. The zero-order chi connectivity index (χ0) is 13.7. The number of rotatable bonds is 8. The zero-order valence-corrected chi connectivity index (χ0v) is 13.0. The molecule has 0 bridgehead atoms. The van der Waals surface area contributed by atoms with Gasteiger partial charge in [-0.1, -0.05) is 0 Å². The predicted molar refractivity (Wildman–Crippen MR) is 66.9 cm³/mol. The lowest BCUT2D eigenvalue weighted by Crippen LogP contribution is -2.18. The molecule has 0 aliphatic carbocycles. The fraction of sp³-hybridized carbons (Fsp3) is 1.00. The third kappa shape index (κ3) is 4.79. The van der Waals surface area contributed by atoms with Gasteiger partial charge in [0.05, 0.1) is 13.2 Å². The van der Waals surface area contributed by atoms with E-state index < -0.39 is 15.5 Å². The maximum absolute atomic E-state index is 12.3. The van der Waals surface area contributed by atoms with Crippen molar-refractivity contribution in [1.82, 2.24) is 9.34 Å². The van der Waals surface area contributed by atoms with E-state index in [2.05, 4.69) is 0 Å². The van der Waals surface area contributed by atoms with Gasteiger partial charge < -0.3 is 0 Å². The Kier molecular flexibility index (Phi) is 7.11. The Balaban J connectivity index is 5.07. The highest BCUT2D eigenvalue weighted by Crippen LogP contribution is 2.66. The second-order valence-corrected chi connectivity index (χ2v) is 8.19. The van der Waals surface area contributed by atoms with Gasteiger partial charge in [-0.05, 0) is 42.0 Å². The van der Waals surface area contributed by atoms with Crippen molar-refractivity contribution in [3.05, 3.63) is 0 Å². The van der Waals surface area contributed by atoms with Crippen molar-refractivity contribution >= 4 is 15.5 Å². The van der Waals surface area contributed by atoms with Crippen molar-refractivity contribution in [2.45, 2.75) is 13.8 Å². The largest absolute Gasteiger partial charge is 0.415 e. The molecule has 104 valence electrons. The first-order valence-corrected chi connectivity index (χ1v) is 8.27. The van der Waals surface area contributed by atoms with Crippen molar-refractivity contribution in [2.24, 2.45) is 0 Å². The van der Waals surface area contributed by atoms with Crippen LogP contribution in [0.25, 0.3) is 0 Å². The molecule has 7 nitrogen and oxygen atoms in total. The Morgan fingerprint density at radius 1 is 0.824 bits per heavy atom. The molecular formula is C8H22N2O5P2. The summed E-state index contributed by atoms with van der Waals surface area (Å²) in [6, 6.07) is 0. The molecule has 0 spiro atoms.